The molecule has 1 heterocycles. The lowest BCUT2D eigenvalue weighted by Crippen LogP contribution is -2.36. The van der Waals surface area contributed by atoms with E-state index in [1.807, 2.05) is 0 Å². The molecule has 6 heteroatoms. The van der Waals surface area contributed by atoms with Gasteiger partial charge in [0.2, 0.25) is 0 Å². The van der Waals surface area contributed by atoms with Crippen LogP contribution in [0.25, 0.3) is 0 Å². The second-order valence-corrected chi connectivity index (χ2v) is 5.67. The maximum absolute atomic E-state index is 11.0. The van der Waals surface area contributed by atoms with Crippen LogP contribution in [0.1, 0.15) is 25.0 Å². The summed E-state index contributed by atoms with van der Waals surface area (Å²) in [5, 5.41) is 11.0. The summed E-state index contributed by atoms with van der Waals surface area (Å²) >= 11 is 3.41. The third-order valence-electron chi connectivity index (χ3n) is 3.45. The van der Waals surface area contributed by atoms with Crippen molar-refractivity contribution in [2.24, 2.45) is 0 Å². The van der Waals surface area contributed by atoms with E-state index in [1.165, 1.54) is 6.07 Å². The summed E-state index contributed by atoms with van der Waals surface area (Å²) in [6.07, 6.45) is 0.871. The number of halogens is 1. The molecule has 1 aliphatic rings. The molecule has 0 aliphatic carbocycles. The first-order valence-electron chi connectivity index (χ1n) is 5.90. The van der Waals surface area contributed by atoms with Gasteiger partial charge in [-0.05, 0) is 25.8 Å². The molecule has 0 spiro atoms. The largest absolute Gasteiger partial charge is 0.393 e. The molecule has 1 aromatic carbocycles. The van der Waals surface area contributed by atoms with Crippen molar-refractivity contribution >= 4 is 27.3 Å². The molecule has 18 heavy (non-hydrogen) atoms. The number of nitro groups is 1. The average Bonchev–Trinajstić information content (AvgIpc) is 2.32. The van der Waals surface area contributed by atoms with Gasteiger partial charge in [-0.15, -0.1) is 0 Å². The number of nitrogens with zero attached hydrogens (tertiary/aromatic N) is 2. The fourth-order valence-corrected chi connectivity index (χ4v) is 2.98. The summed E-state index contributed by atoms with van der Waals surface area (Å²) in [5.41, 5.74) is 8.25. The topological polar surface area (TPSA) is 72.4 Å². The van der Waals surface area contributed by atoms with Crippen molar-refractivity contribution < 1.29 is 4.92 Å². The van der Waals surface area contributed by atoms with Crippen molar-refractivity contribution in [3.63, 3.8) is 0 Å². The Labute approximate surface area is 114 Å². The first-order chi connectivity index (χ1) is 8.41. The molecule has 0 saturated heterocycles. The normalized spacial score (nSPS) is 15.8. The molecule has 2 rings (SSSR count). The maximum Gasteiger partial charge on any atom is 0.293 e. The van der Waals surface area contributed by atoms with Crippen LogP contribution in [0.5, 0.6) is 0 Å². The van der Waals surface area contributed by atoms with Crippen LogP contribution in [-0.4, -0.2) is 22.4 Å². The summed E-state index contributed by atoms with van der Waals surface area (Å²) in [6.45, 7) is 5.88. The quantitative estimate of drug-likeness (QED) is 0.517. The average molecular weight is 314 g/mol. The van der Waals surface area contributed by atoms with Crippen LogP contribution >= 0.6 is 15.9 Å². The third kappa shape index (κ3) is 2.22. The molecule has 0 unspecified atom stereocenters. The summed E-state index contributed by atoms with van der Waals surface area (Å²) in [5.74, 6) is 0. The molecule has 1 aliphatic heterocycles. The van der Waals surface area contributed by atoms with Gasteiger partial charge in [-0.2, -0.15) is 0 Å². The van der Waals surface area contributed by atoms with E-state index in [4.69, 9.17) is 5.73 Å². The van der Waals surface area contributed by atoms with E-state index in [2.05, 4.69) is 34.7 Å². The highest BCUT2D eigenvalue weighted by Gasteiger charge is 2.27. The predicted octanol–water partition coefficient (Wildman–Crippen LogP) is 2.71. The number of nitro benzene ring substituents is 1. The number of nitrogen functional groups attached to an aromatic ring is 1. The maximum atomic E-state index is 11.0. The molecule has 5 nitrogen and oxygen atoms in total. The van der Waals surface area contributed by atoms with E-state index in [1.54, 1.807) is 0 Å². The summed E-state index contributed by atoms with van der Waals surface area (Å²) in [7, 11) is 0. The first kappa shape index (κ1) is 13.3. The highest BCUT2D eigenvalue weighted by Crippen LogP contribution is 2.37. The third-order valence-corrected chi connectivity index (χ3v) is 4.16. The summed E-state index contributed by atoms with van der Waals surface area (Å²) < 4.78 is 0.793. The van der Waals surface area contributed by atoms with Gasteiger partial charge in [0, 0.05) is 35.2 Å². The van der Waals surface area contributed by atoms with Gasteiger partial charge in [0.1, 0.15) is 5.69 Å². The van der Waals surface area contributed by atoms with Crippen LogP contribution in [0.15, 0.2) is 10.5 Å². The zero-order valence-corrected chi connectivity index (χ0v) is 12.0. The van der Waals surface area contributed by atoms with E-state index in [0.29, 0.717) is 18.3 Å². The lowest BCUT2D eigenvalue weighted by atomic mass is 9.96. The van der Waals surface area contributed by atoms with Crippen molar-refractivity contribution in [3.8, 4) is 0 Å². The van der Waals surface area contributed by atoms with Crippen LogP contribution in [-0.2, 0) is 13.0 Å². The molecule has 0 atom stereocenters. The zero-order valence-electron chi connectivity index (χ0n) is 10.4. The standard InChI is InChI=1S/C12H16BrN3O2/c1-7(2)15-4-3-8-9(6-15)12(14)11(16(17)18)5-10(8)13/h5,7H,3-4,6,14H2,1-2H3. The van der Waals surface area contributed by atoms with E-state index in [9.17, 15) is 10.1 Å². The van der Waals surface area contributed by atoms with Crippen molar-refractivity contribution in [1.82, 2.24) is 4.90 Å². The predicted molar refractivity (Wildman–Crippen MR) is 74.5 cm³/mol. The molecule has 0 bridgehead atoms. The number of fused-ring (bicyclic) bond motifs is 1. The minimum absolute atomic E-state index is 0.00812. The minimum atomic E-state index is -0.422. The zero-order chi connectivity index (χ0) is 13.4. The molecule has 0 amide bonds. The van der Waals surface area contributed by atoms with Gasteiger partial charge in [-0.25, -0.2) is 0 Å². The highest BCUT2D eigenvalue weighted by molar-refractivity contribution is 9.10. The Balaban J connectivity index is 2.51. The molecular weight excluding hydrogens is 298 g/mol. The molecule has 1 aromatic rings. The van der Waals surface area contributed by atoms with Gasteiger partial charge in [0.25, 0.3) is 5.69 Å². The van der Waals surface area contributed by atoms with Gasteiger partial charge in [0.15, 0.2) is 0 Å². The Hall–Kier alpha value is -1.14. The SMILES string of the molecule is CC(C)N1CCc2c(Br)cc([N+](=O)[O-])c(N)c2C1. The minimum Gasteiger partial charge on any atom is -0.393 e. The van der Waals surface area contributed by atoms with E-state index >= 15 is 0 Å². The lowest BCUT2D eigenvalue weighted by Gasteiger charge is -2.32. The van der Waals surface area contributed by atoms with Crippen molar-refractivity contribution in [2.45, 2.75) is 32.9 Å². The summed E-state index contributed by atoms with van der Waals surface area (Å²) in [4.78, 5) is 12.8. The summed E-state index contributed by atoms with van der Waals surface area (Å²) in [6, 6.07) is 1.93. The van der Waals surface area contributed by atoms with E-state index < -0.39 is 4.92 Å². The van der Waals surface area contributed by atoms with Crippen molar-refractivity contribution in [1.29, 1.82) is 0 Å². The molecule has 0 radical (unpaired) electrons. The van der Waals surface area contributed by atoms with Gasteiger partial charge < -0.3 is 5.73 Å². The van der Waals surface area contributed by atoms with Crippen LogP contribution in [0.2, 0.25) is 0 Å². The highest BCUT2D eigenvalue weighted by atomic mass is 79.9. The Morgan fingerprint density at radius 2 is 2.17 bits per heavy atom. The van der Waals surface area contributed by atoms with Crippen molar-refractivity contribution in [2.75, 3.05) is 12.3 Å². The molecule has 2 N–H and O–H groups in total. The molecule has 0 aromatic heterocycles. The Bertz CT molecular complexity index is 503. The van der Waals surface area contributed by atoms with Crippen LogP contribution in [0, 0.1) is 10.1 Å². The fourth-order valence-electron chi connectivity index (χ4n) is 2.33. The van der Waals surface area contributed by atoms with Crippen molar-refractivity contribution in [3.05, 3.63) is 31.8 Å². The second kappa shape index (κ2) is 4.85. The molecule has 98 valence electrons. The van der Waals surface area contributed by atoms with Crippen LogP contribution < -0.4 is 5.73 Å². The molecular formula is C12H16BrN3O2. The van der Waals surface area contributed by atoms with Gasteiger partial charge in [-0.3, -0.25) is 15.0 Å². The number of rotatable bonds is 2. The monoisotopic (exact) mass is 313 g/mol. The number of hydrogen-bond acceptors (Lipinski definition) is 4. The molecule has 0 saturated carbocycles. The van der Waals surface area contributed by atoms with Crippen LogP contribution in [0.3, 0.4) is 0 Å². The number of nitrogens with two attached hydrogens (primary N) is 1. The Morgan fingerprint density at radius 1 is 1.50 bits per heavy atom. The van der Waals surface area contributed by atoms with E-state index in [-0.39, 0.29) is 5.69 Å². The Kier molecular flexibility index (Phi) is 3.59. The first-order valence-corrected chi connectivity index (χ1v) is 6.69. The van der Waals surface area contributed by atoms with Gasteiger partial charge >= 0.3 is 0 Å². The smallest absolute Gasteiger partial charge is 0.293 e. The van der Waals surface area contributed by atoms with Gasteiger partial charge in [0.05, 0.1) is 4.92 Å². The Morgan fingerprint density at radius 3 is 2.72 bits per heavy atom. The number of anilines is 1. The number of hydrogen-bond donors (Lipinski definition) is 1. The van der Waals surface area contributed by atoms with Gasteiger partial charge in [-0.1, -0.05) is 15.9 Å². The van der Waals surface area contributed by atoms with Crippen LogP contribution in [0.4, 0.5) is 11.4 Å². The lowest BCUT2D eigenvalue weighted by molar-refractivity contribution is -0.384. The number of benzene rings is 1. The fraction of sp³-hybridized carbons (Fsp3) is 0.500. The second-order valence-electron chi connectivity index (χ2n) is 4.82. The molecule has 0 fully saturated rings. The van der Waals surface area contributed by atoms with E-state index in [0.717, 1.165) is 28.6 Å².